The van der Waals surface area contributed by atoms with Gasteiger partial charge in [0.15, 0.2) is 0 Å². The second kappa shape index (κ2) is 12.7. The quantitative estimate of drug-likeness (QED) is 0.379. The number of aryl methyl sites for hydroxylation is 1. The van der Waals surface area contributed by atoms with Gasteiger partial charge in [0.1, 0.15) is 17.7 Å². The van der Waals surface area contributed by atoms with Crippen molar-refractivity contribution in [1.29, 1.82) is 0 Å². The Morgan fingerprint density at radius 3 is 2.05 bits per heavy atom. The molecular formula is C30H42ClN3O4. The highest BCUT2D eigenvalue weighted by molar-refractivity contribution is 6.34. The average molecular weight is 544 g/mol. The molecule has 0 aliphatic heterocycles. The highest BCUT2D eigenvalue weighted by Crippen LogP contribution is 2.33. The SMILES string of the molecule is Cc1cccc(Cl)c1NC(=O)C(c1ccccc1)N(C(=O)C(CC(C)C)NC(=O)OC(C)(C)C)C(C)(C)C. The minimum absolute atomic E-state index is 0.0930. The third-order valence-corrected chi connectivity index (χ3v) is 6.06. The van der Waals surface area contributed by atoms with E-state index in [4.69, 9.17) is 16.3 Å². The van der Waals surface area contributed by atoms with E-state index >= 15 is 0 Å². The number of nitrogens with zero attached hydrogens (tertiary/aromatic N) is 1. The summed E-state index contributed by atoms with van der Waals surface area (Å²) < 4.78 is 5.45. The van der Waals surface area contributed by atoms with E-state index in [-0.39, 0.29) is 11.8 Å². The van der Waals surface area contributed by atoms with Crippen LogP contribution in [-0.4, -0.2) is 40.0 Å². The smallest absolute Gasteiger partial charge is 0.408 e. The molecule has 2 rings (SSSR count). The number of benzene rings is 2. The van der Waals surface area contributed by atoms with E-state index in [2.05, 4.69) is 10.6 Å². The molecule has 2 unspecified atom stereocenters. The fraction of sp³-hybridized carbons (Fsp3) is 0.500. The Labute approximate surface area is 232 Å². The molecule has 0 saturated carbocycles. The first-order valence-corrected chi connectivity index (χ1v) is 13.3. The lowest BCUT2D eigenvalue weighted by Gasteiger charge is -2.43. The molecule has 0 saturated heterocycles. The highest BCUT2D eigenvalue weighted by Gasteiger charge is 2.42. The predicted octanol–water partition coefficient (Wildman–Crippen LogP) is 6.89. The minimum Gasteiger partial charge on any atom is -0.444 e. The van der Waals surface area contributed by atoms with Gasteiger partial charge in [-0.15, -0.1) is 0 Å². The fourth-order valence-corrected chi connectivity index (χ4v) is 4.46. The van der Waals surface area contributed by atoms with Gasteiger partial charge in [-0.3, -0.25) is 9.59 Å². The Kier molecular flexibility index (Phi) is 10.4. The summed E-state index contributed by atoms with van der Waals surface area (Å²) in [6.45, 7) is 16.7. The number of hydrogen-bond donors (Lipinski definition) is 2. The molecule has 7 nitrogen and oxygen atoms in total. The molecule has 0 aliphatic carbocycles. The van der Waals surface area contributed by atoms with Crippen LogP contribution < -0.4 is 10.6 Å². The van der Waals surface area contributed by atoms with Gasteiger partial charge in [0, 0.05) is 5.54 Å². The summed E-state index contributed by atoms with van der Waals surface area (Å²) >= 11 is 6.42. The number of carbonyl (C=O) groups is 3. The van der Waals surface area contributed by atoms with E-state index in [9.17, 15) is 14.4 Å². The molecular weight excluding hydrogens is 502 g/mol. The molecule has 2 aromatic rings. The van der Waals surface area contributed by atoms with Crippen LogP contribution in [0.4, 0.5) is 10.5 Å². The summed E-state index contributed by atoms with van der Waals surface area (Å²) in [6.07, 6.45) is -0.310. The van der Waals surface area contributed by atoms with Crippen molar-refractivity contribution in [3.8, 4) is 0 Å². The molecule has 208 valence electrons. The number of ether oxygens (including phenoxy) is 1. The number of hydrogen-bond acceptors (Lipinski definition) is 4. The molecule has 2 atom stereocenters. The first kappa shape index (κ1) is 31.2. The Hall–Kier alpha value is -3.06. The normalized spacial score (nSPS) is 13.4. The number of para-hydroxylation sites is 1. The van der Waals surface area contributed by atoms with E-state index in [1.54, 1.807) is 31.7 Å². The van der Waals surface area contributed by atoms with Crippen LogP contribution >= 0.6 is 11.6 Å². The van der Waals surface area contributed by atoms with E-state index < -0.39 is 35.2 Å². The van der Waals surface area contributed by atoms with Gasteiger partial charge in [-0.05, 0) is 78.0 Å². The average Bonchev–Trinajstić information content (AvgIpc) is 2.77. The van der Waals surface area contributed by atoms with Gasteiger partial charge in [-0.1, -0.05) is 67.9 Å². The van der Waals surface area contributed by atoms with Gasteiger partial charge in [0.25, 0.3) is 5.91 Å². The van der Waals surface area contributed by atoms with Crippen molar-refractivity contribution < 1.29 is 19.1 Å². The molecule has 0 aliphatic rings. The van der Waals surface area contributed by atoms with Crippen LogP contribution in [0.15, 0.2) is 48.5 Å². The van der Waals surface area contributed by atoms with Gasteiger partial charge in [0.05, 0.1) is 10.7 Å². The van der Waals surface area contributed by atoms with Crippen molar-refractivity contribution in [1.82, 2.24) is 10.2 Å². The van der Waals surface area contributed by atoms with Crippen molar-refractivity contribution in [2.75, 3.05) is 5.32 Å². The topological polar surface area (TPSA) is 87.7 Å². The van der Waals surface area contributed by atoms with Crippen molar-refractivity contribution in [3.63, 3.8) is 0 Å². The number of amides is 3. The van der Waals surface area contributed by atoms with E-state index in [0.717, 1.165) is 5.56 Å². The van der Waals surface area contributed by atoms with Crippen LogP contribution in [-0.2, 0) is 14.3 Å². The molecule has 0 fully saturated rings. The van der Waals surface area contributed by atoms with Gasteiger partial charge in [0.2, 0.25) is 5.91 Å². The van der Waals surface area contributed by atoms with Crippen molar-refractivity contribution in [2.45, 2.75) is 92.0 Å². The van der Waals surface area contributed by atoms with Gasteiger partial charge < -0.3 is 20.3 Å². The molecule has 8 heteroatoms. The van der Waals surface area contributed by atoms with Gasteiger partial charge >= 0.3 is 6.09 Å². The second-order valence-electron chi connectivity index (χ2n) is 11.9. The zero-order valence-electron chi connectivity index (χ0n) is 24.0. The first-order valence-electron chi connectivity index (χ1n) is 12.9. The maximum atomic E-state index is 14.3. The number of alkyl carbamates (subject to hydrolysis) is 1. The van der Waals surface area contributed by atoms with Crippen molar-refractivity contribution >= 4 is 35.2 Å². The Morgan fingerprint density at radius 1 is 0.947 bits per heavy atom. The molecule has 2 aromatic carbocycles. The largest absolute Gasteiger partial charge is 0.444 e. The number of carbonyl (C=O) groups excluding carboxylic acids is 3. The summed E-state index contributed by atoms with van der Waals surface area (Å²) in [5, 5.41) is 6.13. The fourth-order valence-electron chi connectivity index (χ4n) is 4.19. The van der Waals surface area contributed by atoms with Gasteiger partial charge in [-0.25, -0.2) is 4.79 Å². The number of anilines is 1. The zero-order chi connectivity index (χ0) is 28.8. The molecule has 38 heavy (non-hydrogen) atoms. The Morgan fingerprint density at radius 2 is 1.55 bits per heavy atom. The Bertz CT molecular complexity index is 1100. The molecule has 2 N–H and O–H groups in total. The van der Waals surface area contributed by atoms with E-state index in [1.807, 2.05) is 84.0 Å². The lowest BCUT2D eigenvalue weighted by Crippen LogP contribution is -2.58. The monoisotopic (exact) mass is 543 g/mol. The first-order chi connectivity index (χ1) is 17.5. The summed E-state index contributed by atoms with van der Waals surface area (Å²) in [5.41, 5.74) is 0.425. The summed E-state index contributed by atoms with van der Waals surface area (Å²) in [7, 11) is 0. The maximum Gasteiger partial charge on any atom is 0.408 e. The van der Waals surface area contributed by atoms with Crippen LogP contribution in [0, 0.1) is 12.8 Å². The second-order valence-corrected chi connectivity index (χ2v) is 12.3. The predicted molar refractivity (Wildman–Crippen MR) is 153 cm³/mol. The molecule has 0 spiro atoms. The lowest BCUT2D eigenvalue weighted by molar-refractivity contribution is -0.147. The molecule has 3 amide bonds. The van der Waals surface area contributed by atoms with Crippen LogP contribution in [0.2, 0.25) is 5.02 Å². The summed E-state index contributed by atoms with van der Waals surface area (Å²) in [5.74, 6) is -0.691. The van der Waals surface area contributed by atoms with Gasteiger partial charge in [-0.2, -0.15) is 0 Å². The van der Waals surface area contributed by atoms with Crippen molar-refractivity contribution in [3.05, 3.63) is 64.7 Å². The third-order valence-electron chi connectivity index (χ3n) is 5.75. The summed E-state index contributed by atoms with van der Waals surface area (Å²) in [4.78, 5) is 42.5. The zero-order valence-corrected chi connectivity index (χ0v) is 24.8. The third kappa shape index (κ3) is 8.76. The highest BCUT2D eigenvalue weighted by atomic mass is 35.5. The molecule has 0 heterocycles. The van der Waals surface area contributed by atoms with E-state index in [1.165, 1.54) is 0 Å². The molecule has 0 radical (unpaired) electrons. The minimum atomic E-state index is -0.991. The van der Waals surface area contributed by atoms with Crippen LogP contribution in [0.5, 0.6) is 0 Å². The van der Waals surface area contributed by atoms with Crippen molar-refractivity contribution in [2.24, 2.45) is 5.92 Å². The Balaban J connectivity index is 2.58. The van der Waals surface area contributed by atoms with E-state index in [0.29, 0.717) is 22.7 Å². The van der Waals surface area contributed by atoms with Crippen LogP contribution in [0.1, 0.15) is 79.0 Å². The number of rotatable bonds is 8. The lowest BCUT2D eigenvalue weighted by atomic mass is 9.93. The van der Waals surface area contributed by atoms with Crippen LogP contribution in [0.25, 0.3) is 0 Å². The maximum absolute atomic E-state index is 14.3. The molecule has 0 bridgehead atoms. The summed E-state index contributed by atoms with van der Waals surface area (Å²) in [6, 6.07) is 12.6. The number of nitrogens with one attached hydrogen (secondary N) is 2. The standard InChI is InChI=1S/C30H42ClN3O4/c1-19(2)18-23(32-28(37)38-30(7,8)9)27(36)34(29(4,5)6)25(21-15-11-10-12-16-21)26(35)33-24-20(3)14-13-17-22(24)31/h10-17,19,23,25H,18H2,1-9H3,(H,32,37)(H,33,35). The molecule has 0 aromatic heterocycles. The van der Waals surface area contributed by atoms with Crippen LogP contribution in [0.3, 0.4) is 0 Å². The number of halogens is 1.